The Hall–Kier alpha value is -0.830. The van der Waals surface area contributed by atoms with Gasteiger partial charge in [-0.15, -0.1) is 0 Å². The van der Waals surface area contributed by atoms with E-state index in [1.165, 1.54) is 6.39 Å². The third kappa shape index (κ3) is 1.26. The molecule has 0 aliphatic heterocycles. The van der Waals surface area contributed by atoms with E-state index in [1.54, 1.807) is 0 Å². The molecule has 0 saturated heterocycles. The molecule has 0 aromatic carbocycles. The summed E-state index contributed by atoms with van der Waals surface area (Å²) in [6.07, 6.45) is 2.44. The Morgan fingerprint density at radius 3 is 2.47 bits per heavy atom. The van der Waals surface area contributed by atoms with Gasteiger partial charge in [0.05, 0.1) is 11.7 Å². The standard InChI is InChI=1S/C12H20N2O/c1-7(2)12(8(3)4)5-9-10(11(12)13)14-6-15-9/h6-8,11H,5,13H2,1-4H3/t11-/m1/s1. The van der Waals surface area contributed by atoms with Crippen molar-refractivity contribution in [3.63, 3.8) is 0 Å². The average molecular weight is 208 g/mol. The largest absolute Gasteiger partial charge is 0.448 e. The second-order valence-electron chi connectivity index (χ2n) is 5.24. The van der Waals surface area contributed by atoms with Crippen LogP contribution in [-0.4, -0.2) is 4.98 Å². The van der Waals surface area contributed by atoms with Gasteiger partial charge in [-0.25, -0.2) is 4.98 Å². The van der Waals surface area contributed by atoms with Crippen molar-refractivity contribution in [1.82, 2.24) is 4.98 Å². The van der Waals surface area contributed by atoms with Crippen molar-refractivity contribution in [1.29, 1.82) is 0 Å². The lowest BCUT2D eigenvalue weighted by molar-refractivity contribution is 0.0838. The van der Waals surface area contributed by atoms with Gasteiger partial charge in [0, 0.05) is 11.8 Å². The number of aromatic nitrogens is 1. The topological polar surface area (TPSA) is 52.0 Å². The molecule has 2 rings (SSSR count). The molecule has 0 radical (unpaired) electrons. The van der Waals surface area contributed by atoms with E-state index in [1.807, 2.05) is 0 Å². The number of hydrogen-bond donors (Lipinski definition) is 1. The monoisotopic (exact) mass is 208 g/mol. The maximum Gasteiger partial charge on any atom is 0.181 e. The molecule has 1 heterocycles. The van der Waals surface area contributed by atoms with Gasteiger partial charge in [0.1, 0.15) is 5.76 Å². The average Bonchev–Trinajstić information content (AvgIpc) is 2.67. The molecule has 1 aliphatic rings. The molecule has 0 spiro atoms. The molecular weight excluding hydrogens is 188 g/mol. The summed E-state index contributed by atoms with van der Waals surface area (Å²) in [4.78, 5) is 4.25. The van der Waals surface area contributed by atoms with Crippen LogP contribution in [0.25, 0.3) is 0 Å². The molecule has 1 aromatic rings. The summed E-state index contributed by atoms with van der Waals surface area (Å²) in [6.45, 7) is 8.97. The highest BCUT2D eigenvalue weighted by atomic mass is 16.3. The van der Waals surface area contributed by atoms with Crippen LogP contribution in [-0.2, 0) is 6.42 Å². The fraction of sp³-hybridized carbons (Fsp3) is 0.750. The second kappa shape index (κ2) is 3.34. The lowest BCUT2D eigenvalue weighted by atomic mass is 9.65. The van der Waals surface area contributed by atoms with E-state index in [4.69, 9.17) is 10.2 Å². The molecule has 0 saturated carbocycles. The molecule has 3 nitrogen and oxygen atoms in total. The Morgan fingerprint density at radius 2 is 2.00 bits per heavy atom. The van der Waals surface area contributed by atoms with Gasteiger partial charge in [-0.2, -0.15) is 0 Å². The zero-order valence-electron chi connectivity index (χ0n) is 9.95. The first kappa shape index (κ1) is 10.7. The van der Waals surface area contributed by atoms with E-state index in [2.05, 4.69) is 32.7 Å². The van der Waals surface area contributed by atoms with E-state index >= 15 is 0 Å². The van der Waals surface area contributed by atoms with E-state index < -0.39 is 0 Å². The predicted octanol–water partition coefficient (Wildman–Crippen LogP) is 2.53. The van der Waals surface area contributed by atoms with E-state index in [-0.39, 0.29) is 11.5 Å². The zero-order valence-corrected chi connectivity index (χ0v) is 9.95. The molecule has 0 amide bonds. The Kier molecular flexibility index (Phi) is 2.38. The zero-order chi connectivity index (χ0) is 11.2. The Balaban J connectivity index is 2.44. The van der Waals surface area contributed by atoms with E-state index in [0.29, 0.717) is 11.8 Å². The van der Waals surface area contributed by atoms with Crippen molar-refractivity contribution < 1.29 is 4.42 Å². The maximum atomic E-state index is 6.35. The number of nitrogens with two attached hydrogens (primary N) is 1. The Bertz CT molecular complexity index is 346. The number of nitrogens with zero attached hydrogens (tertiary/aromatic N) is 1. The van der Waals surface area contributed by atoms with E-state index in [9.17, 15) is 0 Å². The molecule has 3 heteroatoms. The van der Waals surface area contributed by atoms with Crippen molar-refractivity contribution in [2.45, 2.75) is 40.2 Å². The number of fused-ring (bicyclic) bond motifs is 1. The van der Waals surface area contributed by atoms with E-state index in [0.717, 1.165) is 17.9 Å². The van der Waals surface area contributed by atoms with Gasteiger partial charge in [-0.1, -0.05) is 27.7 Å². The van der Waals surface area contributed by atoms with Crippen LogP contribution in [0.1, 0.15) is 45.2 Å². The number of rotatable bonds is 2. The summed E-state index contributed by atoms with van der Waals surface area (Å²) < 4.78 is 5.41. The first-order valence-corrected chi connectivity index (χ1v) is 5.68. The van der Waals surface area contributed by atoms with Crippen LogP contribution in [0.2, 0.25) is 0 Å². The summed E-state index contributed by atoms with van der Waals surface area (Å²) in [6, 6.07) is 0.0197. The normalized spacial score (nSPS) is 23.8. The SMILES string of the molecule is CC(C)C1(C(C)C)Cc2ocnc2[C@H]1N. The third-order valence-corrected chi connectivity index (χ3v) is 4.16. The quantitative estimate of drug-likeness (QED) is 0.812. The first-order valence-electron chi connectivity index (χ1n) is 5.68. The minimum absolute atomic E-state index is 0.0197. The highest BCUT2D eigenvalue weighted by Gasteiger charge is 2.50. The summed E-state index contributed by atoms with van der Waals surface area (Å²) in [5.41, 5.74) is 7.43. The maximum absolute atomic E-state index is 6.35. The highest BCUT2D eigenvalue weighted by molar-refractivity contribution is 5.26. The van der Waals surface area contributed by atoms with Gasteiger partial charge >= 0.3 is 0 Å². The smallest absolute Gasteiger partial charge is 0.181 e. The fourth-order valence-electron chi connectivity index (χ4n) is 3.10. The number of hydrogen-bond acceptors (Lipinski definition) is 3. The van der Waals surface area contributed by atoms with Crippen LogP contribution in [0.15, 0.2) is 10.8 Å². The van der Waals surface area contributed by atoms with Crippen LogP contribution in [0.5, 0.6) is 0 Å². The molecule has 84 valence electrons. The second-order valence-corrected chi connectivity index (χ2v) is 5.24. The molecule has 1 atom stereocenters. The van der Waals surface area contributed by atoms with Gasteiger partial charge in [0.25, 0.3) is 0 Å². The molecule has 0 unspecified atom stereocenters. The van der Waals surface area contributed by atoms with Crippen LogP contribution in [0.4, 0.5) is 0 Å². The van der Waals surface area contributed by atoms with Crippen molar-refractivity contribution >= 4 is 0 Å². The summed E-state index contributed by atoms with van der Waals surface area (Å²) in [5, 5.41) is 0. The van der Waals surface area contributed by atoms with Gasteiger partial charge in [-0.05, 0) is 11.8 Å². The van der Waals surface area contributed by atoms with Crippen molar-refractivity contribution in [3.8, 4) is 0 Å². The van der Waals surface area contributed by atoms with Gasteiger partial charge in [0.15, 0.2) is 6.39 Å². The first-order chi connectivity index (χ1) is 7.00. The van der Waals surface area contributed by atoms with Crippen molar-refractivity contribution in [2.24, 2.45) is 23.0 Å². The third-order valence-electron chi connectivity index (χ3n) is 4.16. The highest BCUT2D eigenvalue weighted by Crippen LogP contribution is 2.53. The molecule has 1 aliphatic carbocycles. The van der Waals surface area contributed by atoms with Crippen molar-refractivity contribution in [2.75, 3.05) is 0 Å². The van der Waals surface area contributed by atoms with Gasteiger partial charge in [0.2, 0.25) is 0 Å². The minimum atomic E-state index is 0.0197. The number of oxazole rings is 1. The molecule has 15 heavy (non-hydrogen) atoms. The Morgan fingerprint density at radius 1 is 1.40 bits per heavy atom. The van der Waals surface area contributed by atoms with Crippen LogP contribution >= 0.6 is 0 Å². The molecule has 2 N–H and O–H groups in total. The fourth-order valence-corrected chi connectivity index (χ4v) is 3.10. The lowest BCUT2D eigenvalue weighted by Crippen LogP contribution is -2.41. The molecule has 0 fully saturated rings. The molecular formula is C12H20N2O. The van der Waals surface area contributed by atoms with Crippen LogP contribution < -0.4 is 5.73 Å². The molecule has 1 aromatic heterocycles. The Labute approximate surface area is 91.1 Å². The minimum Gasteiger partial charge on any atom is -0.448 e. The van der Waals surface area contributed by atoms with Gasteiger partial charge in [-0.3, -0.25) is 0 Å². The summed E-state index contributed by atoms with van der Waals surface area (Å²) in [5.74, 6) is 2.07. The van der Waals surface area contributed by atoms with Crippen LogP contribution in [0, 0.1) is 17.3 Å². The summed E-state index contributed by atoms with van der Waals surface area (Å²) in [7, 11) is 0. The van der Waals surface area contributed by atoms with Crippen LogP contribution in [0.3, 0.4) is 0 Å². The predicted molar refractivity (Wildman–Crippen MR) is 59.2 cm³/mol. The molecule has 0 bridgehead atoms. The summed E-state index contributed by atoms with van der Waals surface area (Å²) >= 11 is 0. The van der Waals surface area contributed by atoms with Crippen molar-refractivity contribution in [3.05, 3.63) is 17.8 Å². The van der Waals surface area contributed by atoms with Gasteiger partial charge < -0.3 is 10.2 Å². The lowest BCUT2D eigenvalue weighted by Gasteiger charge is -2.41.